The third kappa shape index (κ3) is 3.84. The third-order valence-corrected chi connectivity index (χ3v) is 6.35. The molecule has 0 aliphatic heterocycles. The number of nitrogens with one attached hydrogen (secondary N) is 2. The van der Waals surface area contributed by atoms with Crippen molar-refractivity contribution in [3.63, 3.8) is 0 Å². The number of sulfonamides is 1. The molecule has 0 bridgehead atoms. The van der Waals surface area contributed by atoms with Crippen LogP contribution >= 0.6 is 11.3 Å². The summed E-state index contributed by atoms with van der Waals surface area (Å²) in [6, 6.07) is 9.69. The molecule has 4 rings (SSSR count). The zero-order chi connectivity index (χ0) is 20.6. The van der Waals surface area contributed by atoms with Gasteiger partial charge in [-0.2, -0.15) is 0 Å². The largest absolute Gasteiger partial charge is 0.451 e. The van der Waals surface area contributed by atoms with Crippen molar-refractivity contribution in [3.8, 4) is 0 Å². The van der Waals surface area contributed by atoms with Crippen LogP contribution in [0.2, 0.25) is 0 Å². The normalized spacial score (nSPS) is 11.5. The number of anilines is 2. The number of nitrogens with zero attached hydrogens (tertiary/aromatic N) is 1. The molecule has 0 fully saturated rings. The summed E-state index contributed by atoms with van der Waals surface area (Å²) in [4.78, 5) is 16.5. The highest BCUT2D eigenvalue weighted by Gasteiger charge is 2.19. The summed E-state index contributed by atoms with van der Waals surface area (Å²) in [6.45, 7) is 1.67. The summed E-state index contributed by atoms with van der Waals surface area (Å²) >= 11 is 1.17. The molecular weight excluding hydrogens is 417 g/mol. The molecule has 0 saturated carbocycles. The summed E-state index contributed by atoms with van der Waals surface area (Å²) in [5, 5.41) is 5.09. The molecule has 2 N–H and O–H groups in total. The van der Waals surface area contributed by atoms with Gasteiger partial charge in [-0.05, 0) is 49.4 Å². The molecule has 29 heavy (non-hydrogen) atoms. The molecule has 0 radical (unpaired) electrons. The van der Waals surface area contributed by atoms with Crippen LogP contribution in [-0.2, 0) is 10.0 Å². The Bertz CT molecular complexity index is 1300. The van der Waals surface area contributed by atoms with Crippen LogP contribution in [0.3, 0.4) is 0 Å². The molecule has 2 aromatic carbocycles. The van der Waals surface area contributed by atoms with Crippen molar-refractivity contribution in [2.45, 2.75) is 11.8 Å². The van der Waals surface area contributed by atoms with E-state index in [4.69, 9.17) is 4.42 Å². The number of fused-ring (bicyclic) bond motifs is 1. The number of hydrogen-bond donors (Lipinski definition) is 2. The molecule has 0 spiro atoms. The average Bonchev–Trinajstić information content (AvgIpc) is 3.30. The van der Waals surface area contributed by atoms with Gasteiger partial charge in [-0.1, -0.05) is 0 Å². The van der Waals surface area contributed by atoms with Gasteiger partial charge >= 0.3 is 0 Å². The SMILES string of the molecule is Cc1c(C(=O)Nc2ccc(S(=O)(=O)Nc3nccs3)cc2)oc2ccc(F)cc12. The topological polar surface area (TPSA) is 101 Å². The molecule has 2 heterocycles. The molecule has 0 aliphatic carbocycles. The zero-order valence-electron chi connectivity index (χ0n) is 15.0. The van der Waals surface area contributed by atoms with E-state index in [1.165, 1.54) is 60.0 Å². The van der Waals surface area contributed by atoms with Gasteiger partial charge in [-0.15, -0.1) is 11.3 Å². The number of aryl methyl sites for hydroxylation is 1. The molecule has 0 atom stereocenters. The average molecular weight is 431 g/mol. The molecular formula is C19H14FN3O4S2. The smallest absolute Gasteiger partial charge is 0.291 e. The fourth-order valence-corrected chi connectivity index (χ4v) is 4.55. The van der Waals surface area contributed by atoms with Crippen molar-refractivity contribution in [1.82, 2.24) is 4.98 Å². The van der Waals surface area contributed by atoms with Crippen LogP contribution in [-0.4, -0.2) is 19.3 Å². The highest BCUT2D eigenvalue weighted by atomic mass is 32.2. The Morgan fingerprint density at radius 3 is 2.62 bits per heavy atom. The maximum atomic E-state index is 13.4. The molecule has 0 unspecified atom stereocenters. The van der Waals surface area contributed by atoms with E-state index in [0.29, 0.717) is 22.2 Å². The molecule has 2 aromatic heterocycles. The molecule has 7 nitrogen and oxygen atoms in total. The maximum absolute atomic E-state index is 13.4. The summed E-state index contributed by atoms with van der Waals surface area (Å²) < 4.78 is 46.0. The first-order valence-corrected chi connectivity index (χ1v) is 10.7. The van der Waals surface area contributed by atoms with E-state index in [9.17, 15) is 17.6 Å². The first kappa shape index (κ1) is 19.1. The van der Waals surface area contributed by atoms with E-state index >= 15 is 0 Å². The second-order valence-electron chi connectivity index (χ2n) is 6.12. The van der Waals surface area contributed by atoms with Gasteiger partial charge < -0.3 is 9.73 Å². The zero-order valence-corrected chi connectivity index (χ0v) is 16.6. The van der Waals surface area contributed by atoms with E-state index in [1.807, 2.05) is 0 Å². The quantitative estimate of drug-likeness (QED) is 0.488. The first-order valence-electron chi connectivity index (χ1n) is 8.36. The predicted octanol–water partition coefficient (Wildman–Crippen LogP) is 4.39. The monoisotopic (exact) mass is 431 g/mol. The Labute approximate surface area is 169 Å². The maximum Gasteiger partial charge on any atom is 0.291 e. The Morgan fingerprint density at radius 2 is 1.93 bits per heavy atom. The molecule has 1 amide bonds. The molecule has 4 aromatic rings. The summed E-state index contributed by atoms with van der Waals surface area (Å²) in [6.07, 6.45) is 1.50. The van der Waals surface area contributed by atoms with Gasteiger partial charge in [0.25, 0.3) is 15.9 Å². The van der Waals surface area contributed by atoms with Crippen LogP contribution < -0.4 is 10.0 Å². The van der Waals surface area contributed by atoms with Gasteiger partial charge in [-0.25, -0.2) is 17.8 Å². The van der Waals surface area contributed by atoms with Gasteiger partial charge in [0.15, 0.2) is 10.9 Å². The highest BCUT2D eigenvalue weighted by molar-refractivity contribution is 7.93. The lowest BCUT2D eigenvalue weighted by atomic mass is 10.1. The third-order valence-electron chi connectivity index (χ3n) is 4.18. The van der Waals surface area contributed by atoms with Crippen LogP contribution in [0, 0.1) is 12.7 Å². The Kier molecular flexibility index (Phi) is 4.81. The van der Waals surface area contributed by atoms with Gasteiger partial charge in [0, 0.05) is 28.2 Å². The standard InChI is InChI=1S/C19H14FN3O4S2/c1-11-15-10-12(20)2-7-16(15)27-17(11)18(24)22-13-3-5-14(6-4-13)29(25,26)23-19-21-8-9-28-19/h2-10H,1H3,(H,21,23)(H,22,24). The predicted molar refractivity (Wildman–Crippen MR) is 108 cm³/mol. The van der Waals surface area contributed by atoms with Crippen LogP contribution in [0.25, 0.3) is 11.0 Å². The number of rotatable bonds is 5. The van der Waals surface area contributed by atoms with Crippen molar-refractivity contribution < 1.29 is 22.0 Å². The Hall–Kier alpha value is -3.24. The van der Waals surface area contributed by atoms with Crippen LogP contribution in [0.5, 0.6) is 0 Å². The van der Waals surface area contributed by atoms with Crippen molar-refractivity contribution >= 4 is 49.1 Å². The highest BCUT2D eigenvalue weighted by Crippen LogP contribution is 2.27. The van der Waals surface area contributed by atoms with Gasteiger partial charge in [-0.3, -0.25) is 9.52 Å². The number of benzene rings is 2. The minimum atomic E-state index is -3.78. The van der Waals surface area contributed by atoms with E-state index in [-0.39, 0.29) is 15.8 Å². The van der Waals surface area contributed by atoms with E-state index < -0.39 is 21.7 Å². The lowest BCUT2D eigenvalue weighted by molar-refractivity contribution is 0.0998. The van der Waals surface area contributed by atoms with Gasteiger partial charge in [0.2, 0.25) is 0 Å². The van der Waals surface area contributed by atoms with E-state index in [2.05, 4.69) is 15.0 Å². The Morgan fingerprint density at radius 1 is 1.17 bits per heavy atom. The second-order valence-corrected chi connectivity index (χ2v) is 8.69. The number of halogens is 1. The summed E-state index contributed by atoms with van der Waals surface area (Å²) in [5.41, 5.74) is 1.31. The molecule has 10 heteroatoms. The number of hydrogen-bond acceptors (Lipinski definition) is 6. The van der Waals surface area contributed by atoms with Gasteiger partial charge in [0.1, 0.15) is 11.4 Å². The summed E-state index contributed by atoms with van der Waals surface area (Å²) in [7, 11) is -3.78. The van der Waals surface area contributed by atoms with E-state index in [1.54, 1.807) is 12.3 Å². The van der Waals surface area contributed by atoms with Crippen molar-refractivity contribution in [1.29, 1.82) is 0 Å². The molecule has 0 aliphatic rings. The van der Waals surface area contributed by atoms with Crippen LogP contribution in [0.15, 0.2) is 63.4 Å². The lowest BCUT2D eigenvalue weighted by Gasteiger charge is -2.07. The van der Waals surface area contributed by atoms with Crippen molar-refractivity contribution in [2.24, 2.45) is 0 Å². The number of amides is 1. The number of carbonyl (C=O) groups is 1. The summed E-state index contributed by atoms with van der Waals surface area (Å²) in [5.74, 6) is -0.875. The first-order chi connectivity index (χ1) is 13.8. The second kappa shape index (κ2) is 7.30. The van der Waals surface area contributed by atoms with E-state index in [0.717, 1.165) is 0 Å². The van der Waals surface area contributed by atoms with Crippen molar-refractivity contribution in [3.05, 3.63) is 71.2 Å². The molecule has 0 saturated heterocycles. The molecule has 148 valence electrons. The minimum Gasteiger partial charge on any atom is -0.451 e. The minimum absolute atomic E-state index is 0.0288. The number of furan rings is 1. The Balaban J connectivity index is 1.53. The van der Waals surface area contributed by atoms with Gasteiger partial charge in [0.05, 0.1) is 4.90 Å². The fourth-order valence-electron chi connectivity index (χ4n) is 2.76. The van der Waals surface area contributed by atoms with Crippen LogP contribution in [0.1, 0.15) is 16.1 Å². The van der Waals surface area contributed by atoms with Crippen molar-refractivity contribution in [2.75, 3.05) is 10.0 Å². The number of thiazole rings is 1. The number of carbonyl (C=O) groups excluding carboxylic acids is 1. The lowest BCUT2D eigenvalue weighted by Crippen LogP contribution is -2.14. The van der Waals surface area contributed by atoms with Crippen LogP contribution in [0.4, 0.5) is 15.2 Å². The number of aromatic nitrogens is 1. The fraction of sp³-hybridized carbons (Fsp3) is 0.0526.